The van der Waals surface area contributed by atoms with Gasteiger partial charge in [0.1, 0.15) is 0 Å². The highest BCUT2D eigenvalue weighted by molar-refractivity contribution is 9.10. The Morgan fingerprint density at radius 2 is 1.91 bits per heavy atom. The SMILES string of the molecule is O=c1[nH]c(/C(Cl)=C/c2ccc(Br)cc2)nc2ccc(Cl)cc12. The Bertz CT molecular complexity index is 933. The summed E-state index contributed by atoms with van der Waals surface area (Å²) >= 11 is 15.5. The Hall–Kier alpha value is -1.62. The van der Waals surface area contributed by atoms with Crippen molar-refractivity contribution in [2.75, 3.05) is 0 Å². The summed E-state index contributed by atoms with van der Waals surface area (Å²) in [5.74, 6) is 0.324. The molecule has 0 unspecified atom stereocenters. The molecule has 1 N–H and O–H groups in total. The number of halogens is 3. The number of nitrogens with zero attached hydrogens (tertiary/aromatic N) is 1. The molecule has 3 nitrogen and oxygen atoms in total. The van der Waals surface area contributed by atoms with Gasteiger partial charge < -0.3 is 4.98 Å². The van der Waals surface area contributed by atoms with Crippen molar-refractivity contribution in [3.8, 4) is 0 Å². The fourth-order valence-corrected chi connectivity index (χ4v) is 2.65. The van der Waals surface area contributed by atoms with Gasteiger partial charge in [0.2, 0.25) is 0 Å². The Morgan fingerprint density at radius 3 is 2.64 bits per heavy atom. The number of benzene rings is 2. The van der Waals surface area contributed by atoms with E-state index in [1.807, 2.05) is 24.3 Å². The molecule has 110 valence electrons. The molecule has 3 aromatic rings. The zero-order chi connectivity index (χ0) is 15.7. The van der Waals surface area contributed by atoms with Crippen LogP contribution in [-0.2, 0) is 0 Å². The zero-order valence-electron chi connectivity index (χ0n) is 11.1. The maximum Gasteiger partial charge on any atom is 0.259 e. The van der Waals surface area contributed by atoms with E-state index in [-0.39, 0.29) is 5.56 Å². The van der Waals surface area contributed by atoms with Crippen molar-refractivity contribution in [1.29, 1.82) is 0 Å². The highest BCUT2D eigenvalue weighted by atomic mass is 79.9. The van der Waals surface area contributed by atoms with Crippen LogP contribution >= 0.6 is 39.1 Å². The molecule has 0 fully saturated rings. The van der Waals surface area contributed by atoms with Gasteiger partial charge in [-0.3, -0.25) is 4.79 Å². The van der Waals surface area contributed by atoms with Gasteiger partial charge in [-0.2, -0.15) is 0 Å². The third kappa shape index (κ3) is 3.24. The summed E-state index contributed by atoms with van der Waals surface area (Å²) in [5.41, 5.74) is 1.18. The molecule has 0 aliphatic carbocycles. The summed E-state index contributed by atoms with van der Waals surface area (Å²) in [7, 11) is 0. The maximum atomic E-state index is 12.1. The van der Waals surface area contributed by atoms with Crippen molar-refractivity contribution in [3.63, 3.8) is 0 Å². The molecule has 22 heavy (non-hydrogen) atoms. The number of H-pyrrole nitrogens is 1. The van der Waals surface area contributed by atoms with Crippen LogP contribution in [0.4, 0.5) is 0 Å². The second kappa shape index (κ2) is 6.24. The van der Waals surface area contributed by atoms with Crippen molar-refractivity contribution in [2.24, 2.45) is 0 Å². The van der Waals surface area contributed by atoms with Gasteiger partial charge in [-0.25, -0.2) is 4.98 Å². The highest BCUT2D eigenvalue weighted by Crippen LogP contribution is 2.22. The van der Waals surface area contributed by atoms with E-state index in [9.17, 15) is 4.79 Å². The third-order valence-electron chi connectivity index (χ3n) is 3.06. The zero-order valence-corrected chi connectivity index (χ0v) is 14.2. The maximum absolute atomic E-state index is 12.1. The minimum absolute atomic E-state index is 0.273. The number of rotatable bonds is 2. The molecule has 0 saturated heterocycles. The smallest absolute Gasteiger partial charge is 0.259 e. The molecule has 0 spiro atoms. The average molecular weight is 396 g/mol. The molecule has 0 aliphatic rings. The standard InChI is InChI=1S/C16H9BrCl2N2O/c17-10-3-1-9(2-4-10)7-13(19)15-20-14-6-5-11(18)8-12(14)16(22)21-15/h1-8H,(H,20,21,22)/b13-7-. The number of aromatic nitrogens is 2. The number of fused-ring (bicyclic) bond motifs is 1. The van der Waals surface area contributed by atoms with E-state index in [2.05, 4.69) is 25.9 Å². The number of hydrogen-bond donors (Lipinski definition) is 1. The summed E-state index contributed by atoms with van der Waals surface area (Å²) in [4.78, 5) is 19.1. The molecule has 0 atom stereocenters. The summed E-state index contributed by atoms with van der Waals surface area (Å²) in [6, 6.07) is 12.6. The van der Waals surface area contributed by atoms with Crippen LogP contribution in [0.3, 0.4) is 0 Å². The van der Waals surface area contributed by atoms with Crippen LogP contribution < -0.4 is 5.56 Å². The van der Waals surface area contributed by atoms with Gasteiger partial charge in [-0.1, -0.05) is 51.3 Å². The summed E-state index contributed by atoms with van der Waals surface area (Å²) in [6.45, 7) is 0. The van der Waals surface area contributed by atoms with Crippen LogP contribution in [0.15, 0.2) is 51.7 Å². The van der Waals surface area contributed by atoms with Crippen LogP contribution in [0.2, 0.25) is 5.02 Å². The van der Waals surface area contributed by atoms with Gasteiger partial charge in [0.15, 0.2) is 5.82 Å². The van der Waals surface area contributed by atoms with E-state index in [4.69, 9.17) is 23.2 Å². The van der Waals surface area contributed by atoms with E-state index >= 15 is 0 Å². The van der Waals surface area contributed by atoms with Crippen molar-refractivity contribution in [2.45, 2.75) is 0 Å². The first kappa shape index (κ1) is 15.3. The third-order valence-corrected chi connectivity index (χ3v) is 4.11. The quantitative estimate of drug-likeness (QED) is 0.657. The van der Waals surface area contributed by atoms with E-state index < -0.39 is 0 Å². The largest absolute Gasteiger partial charge is 0.305 e. The molecule has 0 radical (unpaired) electrons. The Morgan fingerprint density at radius 1 is 1.18 bits per heavy atom. The number of nitrogens with one attached hydrogen (secondary N) is 1. The fourth-order valence-electron chi connectivity index (χ4n) is 2.00. The Balaban J connectivity index is 2.07. The minimum atomic E-state index is -0.273. The van der Waals surface area contributed by atoms with E-state index in [0.717, 1.165) is 10.0 Å². The lowest BCUT2D eigenvalue weighted by Crippen LogP contribution is -2.10. The summed E-state index contributed by atoms with van der Waals surface area (Å²) in [6.07, 6.45) is 1.74. The molecule has 1 heterocycles. The highest BCUT2D eigenvalue weighted by Gasteiger charge is 2.07. The lowest BCUT2D eigenvalue weighted by atomic mass is 10.2. The molecular weight excluding hydrogens is 387 g/mol. The van der Waals surface area contributed by atoms with Crippen molar-refractivity contribution >= 4 is 61.1 Å². The summed E-state index contributed by atoms with van der Waals surface area (Å²) < 4.78 is 0.981. The molecule has 0 saturated carbocycles. The average Bonchev–Trinajstić information content (AvgIpc) is 2.50. The topological polar surface area (TPSA) is 45.8 Å². The minimum Gasteiger partial charge on any atom is -0.305 e. The molecule has 3 rings (SSSR count). The summed E-state index contributed by atoms with van der Waals surface area (Å²) in [5, 5.41) is 1.28. The predicted octanol–water partition coefficient (Wildman–Crippen LogP) is 5.08. The first-order valence-electron chi connectivity index (χ1n) is 6.36. The predicted molar refractivity (Wildman–Crippen MR) is 95.2 cm³/mol. The molecular formula is C16H9BrCl2N2O. The van der Waals surface area contributed by atoms with Crippen LogP contribution in [0.5, 0.6) is 0 Å². The molecule has 0 aliphatic heterocycles. The van der Waals surface area contributed by atoms with Crippen molar-refractivity contribution in [3.05, 3.63) is 73.7 Å². The van der Waals surface area contributed by atoms with Crippen LogP contribution in [0.1, 0.15) is 11.4 Å². The van der Waals surface area contributed by atoms with Gasteiger partial charge in [-0.05, 0) is 42.0 Å². The van der Waals surface area contributed by atoms with Gasteiger partial charge in [0, 0.05) is 9.50 Å². The fraction of sp³-hybridized carbons (Fsp3) is 0. The van der Waals surface area contributed by atoms with Crippen LogP contribution in [0.25, 0.3) is 22.0 Å². The molecule has 0 bridgehead atoms. The Labute approximate surface area is 144 Å². The van der Waals surface area contributed by atoms with E-state index in [1.165, 1.54) is 0 Å². The molecule has 2 aromatic carbocycles. The van der Waals surface area contributed by atoms with Gasteiger partial charge in [-0.15, -0.1) is 0 Å². The normalized spacial score (nSPS) is 11.9. The molecule has 0 amide bonds. The van der Waals surface area contributed by atoms with Crippen LogP contribution in [-0.4, -0.2) is 9.97 Å². The van der Waals surface area contributed by atoms with Gasteiger partial charge in [0.25, 0.3) is 5.56 Å². The monoisotopic (exact) mass is 394 g/mol. The van der Waals surface area contributed by atoms with Crippen molar-refractivity contribution < 1.29 is 0 Å². The van der Waals surface area contributed by atoms with E-state index in [0.29, 0.717) is 26.8 Å². The lowest BCUT2D eigenvalue weighted by molar-refractivity contribution is 1.14. The first-order chi connectivity index (χ1) is 10.5. The first-order valence-corrected chi connectivity index (χ1v) is 7.90. The molecule has 1 aromatic heterocycles. The van der Waals surface area contributed by atoms with E-state index in [1.54, 1.807) is 24.3 Å². The van der Waals surface area contributed by atoms with Crippen LogP contribution in [0, 0.1) is 0 Å². The molecule has 6 heteroatoms. The second-order valence-corrected chi connectivity index (χ2v) is 6.38. The number of aromatic amines is 1. The van der Waals surface area contributed by atoms with Crippen molar-refractivity contribution in [1.82, 2.24) is 9.97 Å². The number of hydrogen-bond acceptors (Lipinski definition) is 2. The lowest BCUT2D eigenvalue weighted by Gasteiger charge is -2.03. The Kier molecular flexibility index (Phi) is 4.34. The second-order valence-electron chi connectivity index (χ2n) is 4.62. The van der Waals surface area contributed by atoms with Gasteiger partial charge in [0.05, 0.1) is 15.9 Å². The van der Waals surface area contributed by atoms with Gasteiger partial charge >= 0.3 is 0 Å².